The van der Waals surface area contributed by atoms with Crippen molar-refractivity contribution in [3.63, 3.8) is 0 Å². The summed E-state index contributed by atoms with van der Waals surface area (Å²) in [7, 11) is 5.57. The van der Waals surface area contributed by atoms with E-state index in [2.05, 4.69) is 25.6 Å². The molecule has 0 spiro atoms. The van der Waals surface area contributed by atoms with Gasteiger partial charge in [0, 0.05) is 0 Å². The Morgan fingerprint density at radius 2 is 1.93 bits per heavy atom. The van der Waals surface area contributed by atoms with Crippen LogP contribution >= 0.6 is 0 Å². The lowest BCUT2D eigenvalue weighted by atomic mass is 9.94. The summed E-state index contributed by atoms with van der Waals surface area (Å²) in [6.07, 6.45) is 2.02. The lowest BCUT2D eigenvalue weighted by molar-refractivity contribution is -0.122. The van der Waals surface area contributed by atoms with Gasteiger partial charge in [0.25, 0.3) is 6.47 Å². The Hall–Kier alpha value is -1.51. The van der Waals surface area contributed by atoms with Crippen molar-refractivity contribution < 1.29 is 9.90 Å². The second kappa shape index (κ2) is 7.86. The van der Waals surface area contributed by atoms with E-state index in [4.69, 9.17) is 17.7 Å². The maximum atomic E-state index is 8.36. The highest BCUT2D eigenvalue weighted by Crippen LogP contribution is 2.07. The van der Waals surface area contributed by atoms with Gasteiger partial charge in [-0.1, -0.05) is 48.8 Å². The van der Waals surface area contributed by atoms with E-state index in [1.165, 1.54) is 11.1 Å². The van der Waals surface area contributed by atoms with Crippen LogP contribution in [0.4, 0.5) is 0 Å². The number of carboxylic acid groups (broad SMARTS) is 1. The zero-order valence-corrected chi connectivity index (χ0v) is 8.94. The molecular formula is C12H15BO2. The van der Waals surface area contributed by atoms with Gasteiger partial charge in [0.2, 0.25) is 0 Å². The van der Waals surface area contributed by atoms with E-state index in [0.29, 0.717) is 0 Å². The van der Waals surface area contributed by atoms with Gasteiger partial charge in [0.05, 0.1) is 0 Å². The van der Waals surface area contributed by atoms with Crippen LogP contribution < -0.4 is 5.46 Å². The average Bonchev–Trinajstić information content (AvgIpc) is 2.22. The minimum atomic E-state index is -0.250. The average molecular weight is 202 g/mol. The van der Waals surface area contributed by atoms with E-state index in [1.807, 2.05) is 12.1 Å². The van der Waals surface area contributed by atoms with Crippen molar-refractivity contribution in [1.29, 1.82) is 0 Å². The molecule has 0 heterocycles. The lowest BCUT2D eigenvalue weighted by Crippen LogP contribution is -2.00. The van der Waals surface area contributed by atoms with Crippen molar-refractivity contribution in [1.82, 2.24) is 0 Å². The smallest absolute Gasteiger partial charge is 0.290 e. The minimum absolute atomic E-state index is 0.250. The van der Waals surface area contributed by atoms with Crippen molar-refractivity contribution >= 4 is 19.8 Å². The molecule has 0 atom stereocenters. The lowest BCUT2D eigenvalue weighted by Gasteiger charge is -2.02. The highest BCUT2D eigenvalue weighted by molar-refractivity contribution is 6.32. The maximum absolute atomic E-state index is 8.36. The van der Waals surface area contributed by atoms with Gasteiger partial charge in [-0.05, 0) is 18.4 Å². The zero-order valence-electron chi connectivity index (χ0n) is 8.94. The third-order valence-electron chi connectivity index (χ3n) is 1.93. The van der Waals surface area contributed by atoms with Crippen LogP contribution in [-0.2, 0) is 11.2 Å². The first-order chi connectivity index (χ1) is 7.13. The molecule has 1 aromatic rings. The van der Waals surface area contributed by atoms with Crippen molar-refractivity contribution in [2.75, 3.05) is 0 Å². The number of hydrogen-bond donors (Lipinski definition) is 1. The molecule has 2 radical (unpaired) electrons. The summed E-state index contributed by atoms with van der Waals surface area (Å²) in [5.74, 6) is 0. The minimum Gasteiger partial charge on any atom is -0.483 e. The summed E-state index contributed by atoms with van der Waals surface area (Å²) < 4.78 is 0. The Morgan fingerprint density at radius 3 is 2.33 bits per heavy atom. The Bertz CT molecular complexity index is 304. The van der Waals surface area contributed by atoms with Crippen LogP contribution in [-0.4, -0.2) is 19.4 Å². The molecule has 0 bridgehead atoms. The van der Waals surface area contributed by atoms with E-state index < -0.39 is 0 Å². The maximum Gasteiger partial charge on any atom is 0.290 e. The Balaban J connectivity index is 0.000000583. The fourth-order valence-corrected chi connectivity index (χ4v) is 1.05. The first kappa shape index (κ1) is 13.5. The third kappa shape index (κ3) is 6.55. The SMILES string of the molecule is O=CO.[B]c1ccc(CC(=C)CC)cc1. The number of rotatable bonds is 3. The molecule has 1 rings (SSSR count). The molecule has 2 nitrogen and oxygen atoms in total. The van der Waals surface area contributed by atoms with E-state index in [9.17, 15) is 0 Å². The quantitative estimate of drug-likeness (QED) is 0.460. The third-order valence-corrected chi connectivity index (χ3v) is 1.93. The Morgan fingerprint density at radius 1 is 1.47 bits per heavy atom. The highest BCUT2D eigenvalue weighted by Gasteiger charge is 1.93. The summed E-state index contributed by atoms with van der Waals surface area (Å²) in [5, 5.41) is 6.89. The summed E-state index contributed by atoms with van der Waals surface area (Å²) in [5.41, 5.74) is 3.37. The van der Waals surface area contributed by atoms with Crippen LogP contribution in [0.2, 0.25) is 0 Å². The standard InChI is InChI=1S/C11H13B.CH2O2/c1-3-9(2)8-10-4-6-11(12)7-5-10;2-1-3/h4-7H,2-3,8H2,1H3;1H,(H,2,3). The van der Waals surface area contributed by atoms with Crippen molar-refractivity contribution in [3.8, 4) is 0 Å². The molecule has 0 aliphatic rings. The normalized spacial score (nSPS) is 8.60. The molecule has 1 N–H and O–H groups in total. The van der Waals surface area contributed by atoms with Gasteiger partial charge in [-0.15, -0.1) is 0 Å². The van der Waals surface area contributed by atoms with Crippen LogP contribution in [0.15, 0.2) is 36.4 Å². The van der Waals surface area contributed by atoms with Crippen LogP contribution in [0, 0.1) is 0 Å². The van der Waals surface area contributed by atoms with Gasteiger partial charge in [0.15, 0.2) is 0 Å². The Kier molecular flexibility index (Phi) is 7.07. The van der Waals surface area contributed by atoms with Gasteiger partial charge in [-0.3, -0.25) is 4.79 Å². The fraction of sp³-hybridized carbons (Fsp3) is 0.250. The van der Waals surface area contributed by atoms with E-state index >= 15 is 0 Å². The summed E-state index contributed by atoms with van der Waals surface area (Å²) in [4.78, 5) is 8.36. The molecule has 0 aliphatic heterocycles. The van der Waals surface area contributed by atoms with Gasteiger partial charge in [-0.2, -0.15) is 0 Å². The molecule has 0 amide bonds. The molecule has 0 fully saturated rings. The van der Waals surface area contributed by atoms with E-state index in [-0.39, 0.29) is 6.47 Å². The topological polar surface area (TPSA) is 37.3 Å². The molecule has 3 heteroatoms. The number of benzene rings is 1. The number of allylic oxidation sites excluding steroid dienone is 1. The Labute approximate surface area is 92.0 Å². The van der Waals surface area contributed by atoms with Crippen LogP contribution in [0.25, 0.3) is 0 Å². The number of carbonyl (C=O) groups is 1. The molecule has 15 heavy (non-hydrogen) atoms. The summed E-state index contributed by atoms with van der Waals surface area (Å²) in [6, 6.07) is 7.96. The molecular weight excluding hydrogens is 187 g/mol. The fourth-order valence-electron chi connectivity index (χ4n) is 1.05. The molecule has 0 saturated carbocycles. The van der Waals surface area contributed by atoms with E-state index in [1.54, 1.807) is 0 Å². The second-order valence-corrected chi connectivity index (χ2v) is 3.13. The van der Waals surface area contributed by atoms with Crippen LogP contribution in [0.5, 0.6) is 0 Å². The summed E-state index contributed by atoms with van der Waals surface area (Å²) in [6.45, 7) is 5.83. The van der Waals surface area contributed by atoms with Gasteiger partial charge >= 0.3 is 0 Å². The van der Waals surface area contributed by atoms with Crippen molar-refractivity contribution in [2.45, 2.75) is 19.8 Å². The predicted molar refractivity (Wildman–Crippen MR) is 63.7 cm³/mol. The molecule has 0 aliphatic carbocycles. The molecule has 0 aromatic heterocycles. The van der Waals surface area contributed by atoms with Crippen LogP contribution in [0.3, 0.4) is 0 Å². The molecule has 0 saturated heterocycles. The molecule has 0 unspecified atom stereocenters. The summed E-state index contributed by atoms with van der Waals surface area (Å²) >= 11 is 0. The largest absolute Gasteiger partial charge is 0.483 e. The highest BCUT2D eigenvalue weighted by atomic mass is 16.3. The predicted octanol–water partition coefficient (Wildman–Crippen LogP) is 1.69. The van der Waals surface area contributed by atoms with Crippen LogP contribution in [0.1, 0.15) is 18.9 Å². The first-order valence-corrected chi connectivity index (χ1v) is 4.73. The number of hydrogen-bond acceptors (Lipinski definition) is 1. The zero-order chi connectivity index (χ0) is 11.7. The van der Waals surface area contributed by atoms with Gasteiger partial charge < -0.3 is 5.11 Å². The monoisotopic (exact) mass is 202 g/mol. The van der Waals surface area contributed by atoms with Crippen molar-refractivity contribution in [3.05, 3.63) is 42.0 Å². The van der Waals surface area contributed by atoms with Gasteiger partial charge in [0.1, 0.15) is 7.85 Å². The van der Waals surface area contributed by atoms with E-state index in [0.717, 1.165) is 18.3 Å². The second-order valence-electron chi connectivity index (χ2n) is 3.13. The molecule has 1 aromatic carbocycles. The molecule has 78 valence electrons. The first-order valence-electron chi connectivity index (χ1n) is 4.73. The van der Waals surface area contributed by atoms with Crippen molar-refractivity contribution in [2.24, 2.45) is 0 Å². The van der Waals surface area contributed by atoms with Gasteiger partial charge in [-0.25, -0.2) is 0 Å².